The average Bonchev–Trinajstić information content (AvgIpc) is 2.76. The molecule has 2 aromatic heterocycles. The molecule has 0 aromatic carbocycles. The van der Waals surface area contributed by atoms with Crippen LogP contribution < -0.4 is 4.72 Å². The standard InChI is InChI=1S/C12H14BrN3O3S/c1-8-3-12(14-5-11(8)13)15-20(18,19)10-4-9(7-17)16(2)6-10/h3-6,17H,7H2,1-2H3,(H,14,15). The van der Waals surface area contributed by atoms with Crippen molar-refractivity contribution in [2.45, 2.75) is 18.4 Å². The van der Waals surface area contributed by atoms with Crippen molar-refractivity contribution >= 4 is 31.8 Å². The van der Waals surface area contributed by atoms with Gasteiger partial charge in [-0.3, -0.25) is 4.72 Å². The average molecular weight is 360 g/mol. The summed E-state index contributed by atoms with van der Waals surface area (Å²) in [4.78, 5) is 4.10. The molecule has 0 radical (unpaired) electrons. The molecule has 0 fully saturated rings. The minimum absolute atomic E-state index is 0.0893. The Morgan fingerprint density at radius 3 is 2.70 bits per heavy atom. The van der Waals surface area contributed by atoms with Gasteiger partial charge >= 0.3 is 0 Å². The van der Waals surface area contributed by atoms with E-state index in [0.29, 0.717) is 5.69 Å². The van der Waals surface area contributed by atoms with Crippen LogP contribution in [-0.4, -0.2) is 23.1 Å². The van der Waals surface area contributed by atoms with E-state index in [1.54, 1.807) is 17.7 Å². The zero-order valence-electron chi connectivity index (χ0n) is 11.0. The van der Waals surface area contributed by atoms with Crippen LogP contribution in [0, 0.1) is 6.92 Å². The van der Waals surface area contributed by atoms with E-state index in [-0.39, 0.29) is 17.3 Å². The molecule has 0 aliphatic rings. The van der Waals surface area contributed by atoms with Gasteiger partial charge in [0.25, 0.3) is 10.0 Å². The lowest BCUT2D eigenvalue weighted by Crippen LogP contribution is -2.13. The van der Waals surface area contributed by atoms with Gasteiger partial charge < -0.3 is 9.67 Å². The molecule has 0 aliphatic heterocycles. The minimum Gasteiger partial charge on any atom is -0.390 e. The molecule has 0 saturated carbocycles. The van der Waals surface area contributed by atoms with E-state index in [1.807, 2.05) is 6.92 Å². The molecule has 2 rings (SSSR count). The van der Waals surface area contributed by atoms with Gasteiger partial charge in [-0.05, 0) is 40.5 Å². The quantitative estimate of drug-likeness (QED) is 0.871. The van der Waals surface area contributed by atoms with Gasteiger partial charge in [-0.1, -0.05) is 0 Å². The number of aryl methyl sites for hydroxylation is 2. The van der Waals surface area contributed by atoms with Crippen molar-refractivity contribution in [3.8, 4) is 0 Å². The van der Waals surface area contributed by atoms with Crippen molar-refractivity contribution in [2.75, 3.05) is 4.72 Å². The van der Waals surface area contributed by atoms with E-state index in [1.165, 1.54) is 18.5 Å². The fraction of sp³-hybridized carbons (Fsp3) is 0.250. The number of hydrogen-bond donors (Lipinski definition) is 2. The maximum Gasteiger partial charge on any atom is 0.264 e. The van der Waals surface area contributed by atoms with Crippen molar-refractivity contribution in [3.05, 3.63) is 40.3 Å². The van der Waals surface area contributed by atoms with E-state index < -0.39 is 10.0 Å². The highest BCUT2D eigenvalue weighted by atomic mass is 79.9. The predicted octanol–water partition coefficient (Wildman–Crippen LogP) is 1.78. The summed E-state index contributed by atoms with van der Waals surface area (Å²) in [6, 6.07) is 3.06. The molecule has 2 aromatic rings. The number of halogens is 1. The first-order chi connectivity index (χ1) is 9.33. The second-order valence-electron chi connectivity index (χ2n) is 4.36. The summed E-state index contributed by atoms with van der Waals surface area (Å²) in [5.41, 5.74) is 1.40. The Morgan fingerprint density at radius 2 is 2.15 bits per heavy atom. The molecule has 20 heavy (non-hydrogen) atoms. The Balaban J connectivity index is 2.32. The van der Waals surface area contributed by atoms with Crippen LogP contribution in [0.25, 0.3) is 0 Å². The monoisotopic (exact) mass is 359 g/mol. The fourth-order valence-electron chi connectivity index (χ4n) is 1.67. The van der Waals surface area contributed by atoms with Gasteiger partial charge in [-0.2, -0.15) is 0 Å². The summed E-state index contributed by atoms with van der Waals surface area (Å²) in [5, 5.41) is 9.10. The van der Waals surface area contributed by atoms with Crippen LogP contribution in [0.4, 0.5) is 5.82 Å². The third kappa shape index (κ3) is 3.02. The maximum atomic E-state index is 12.2. The Morgan fingerprint density at radius 1 is 1.45 bits per heavy atom. The van der Waals surface area contributed by atoms with Gasteiger partial charge in [0, 0.05) is 29.6 Å². The third-order valence-corrected chi connectivity index (χ3v) is 4.99. The first-order valence-electron chi connectivity index (χ1n) is 5.74. The largest absolute Gasteiger partial charge is 0.390 e. The number of sulfonamides is 1. The van der Waals surface area contributed by atoms with Crippen LogP contribution in [0.15, 0.2) is 33.9 Å². The Kier molecular flexibility index (Phi) is 4.17. The molecule has 6 nitrogen and oxygen atoms in total. The number of nitrogens with one attached hydrogen (secondary N) is 1. The highest BCUT2D eigenvalue weighted by Crippen LogP contribution is 2.21. The highest BCUT2D eigenvalue weighted by Gasteiger charge is 2.18. The molecule has 0 atom stereocenters. The molecule has 0 spiro atoms. The molecule has 108 valence electrons. The van der Waals surface area contributed by atoms with Crippen molar-refractivity contribution in [1.82, 2.24) is 9.55 Å². The first kappa shape index (κ1) is 15.0. The number of rotatable bonds is 4. The first-order valence-corrected chi connectivity index (χ1v) is 8.02. The SMILES string of the molecule is Cc1cc(NS(=O)(=O)c2cc(CO)n(C)c2)ncc1Br. The van der Waals surface area contributed by atoms with Crippen molar-refractivity contribution in [1.29, 1.82) is 0 Å². The van der Waals surface area contributed by atoms with E-state index >= 15 is 0 Å². The van der Waals surface area contributed by atoms with Crippen LogP contribution in [0.5, 0.6) is 0 Å². The van der Waals surface area contributed by atoms with E-state index in [4.69, 9.17) is 5.11 Å². The van der Waals surface area contributed by atoms with Crippen molar-refractivity contribution < 1.29 is 13.5 Å². The summed E-state index contributed by atoms with van der Waals surface area (Å²) in [6.45, 7) is 1.62. The fourth-order valence-corrected chi connectivity index (χ4v) is 2.98. The number of aromatic nitrogens is 2. The number of nitrogens with zero attached hydrogens (tertiary/aromatic N) is 2. The summed E-state index contributed by atoms with van der Waals surface area (Å²) in [7, 11) is -2.04. The van der Waals surface area contributed by atoms with Crippen LogP contribution in [0.2, 0.25) is 0 Å². The van der Waals surface area contributed by atoms with E-state index in [9.17, 15) is 8.42 Å². The van der Waals surface area contributed by atoms with Crippen LogP contribution in [0.1, 0.15) is 11.3 Å². The molecule has 2 N–H and O–H groups in total. The third-order valence-electron chi connectivity index (χ3n) is 2.84. The summed E-state index contributed by atoms with van der Waals surface area (Å²) in [6.07, 6.45) is 2.98. The Hall–Kier alpha value is -1.38. The molecule has 0 aliphatic carbocycles. The number of aliphatic hydroxyl groups excluding tert-OH is 1. The lowest BCUT2D eigenvalue weighted by molar-refractivity contribution is 0.272. The second kappa shape index (κ2) is 5.55. The molecule has 2 heterocycles. The van der Waals surface area contributed by atoms with E-state index in [0.717, 1.165) is 10.0 Å². The number of aliphatic hydroxyl groups is 1. The molecule has 0 amide bonds. The van der Waals surface area contributed by atoms with Gasteiger partial charge in [0.1, 0.15) is 10.7 Å². The normalized spacial score (nSPS) is 11.6. The number of pyridine rings is 1. The van der Waals surface area contributed by atoms with Gasteiger partial charge in [-0.25, -0.2) is 13.4 Å². The topological polar surface area (TPSA) is 84.2 Å². The zero-order chi connectivity index (χ0) is 14.9. The van der Waals surface area contributed by atoms with Crippen LogP contribution in [-0.2, 0) is 23.7 Å². The summed E-state index contributed by atoms with van der Waals surface area (Å²) in [5.74, 6) is 0.250. The smallest absolute Gasteiger partial charge is 0.264 e. The number of anilines is 1. The molecular weight excluding hydrogens is 346 g/mol. The molecule has 0 unspecified atom stereocenters. The Labute approximate surface area is 125 Å². The van der Waals surface area contributed by atoms with Gasteiger partial charge in [0.15, 0.2) is 0 Å². The Bertz CT molecular complexity index is 740. The second-order valence-corrected chi connectivity index (χ2v) is 6.90. The summed E-state index contributed by atoms with van der Waals surface area (Å²) >= 11 is 3.31. The van der Waals surface area contributed by atoms with Gasteiger partial charge in [0.2, 0.25) is 0 Å². The molecule has 0 saturated heterocycles. The highest BCUT2D eigenvalue weighted by molar-refractivity contribution is 9.10. The van der Waals surface area contributed by atoms with Gasteiger partial charge in [0.05, 0.1) is 6.61 Å². The summed E-state index contributed by atoms with van der Waals surface area (Å²) < 4.78 is 29.2. The minimum atomic E-state index is -3.71. The molecule has 0 bridgehead atoms. The maximum absolute atomic E-state index is 12.2. The predicted molar refractivity (Wildman–Crippen MR) is 78.8 cm³/mol. The molecule has 8 heteroatoms. The lowest BCUT2D eigenvalue weighted by atomic mass is 10.3. The van der Waals surface area contributed by atoms with Crippen LogP contribution in [0.3, 0.4) is 0 Å². The van der Waals surface area contributed by atoms with Crippen LogP contribution >= 0.6 is 15.9 Å². The molecular formula is C12H14BrN3O3S. The zero-order valence-corrected chi connectivity index (χ0v) is 13.4. The van der Waals surface area contributed by atoms with Crippen molar-refractivity contribution in [2.24, 2.45) is 7.05 Å². The van der Waals surface area contributed by atoms with Gasteiger partial charge in [-0.15, -0.1) is 0 Å². The van der Waals surface area contributed by atoms with Crippen molar-refractivity contribution in [3.63, 3.8) is 0 Å². The number of hydrogen-bond acceptors (Lipinski definition) is 4. The van der Waals surface area contributed by atoms with E-state index in [2.05, 4.69) is 25.6 Å². The lowest BCUT2D eigenvalue weighted by Gasteiger charge is -2.07.